The number of phenols is 1. The number of halogens is 1. The summed E-state index contributed by atoms with van der Waals surface area (Å²) in [6.07, 6.45) is 1.57. The van der Waals surface area contributed by atoms with E-state index in [4.69, 9.17) is 11.6 Å². The van der Waals surface area contributed by atoms with Crippen LogP contribution in [0.5, 0.6) is 5.75 Å². The molecule has 1 aromatic rings. The lowest BCUT2D eigenvalue weighted by molar-refractivity contribution is 0.0943. The van der Waals surface area contributed by atoms with Crippen molar-refractivity contribution >= 4 is 28.3 Å². The molecule has 2 N–H and O–H groups in total. The van der Waals surface area contributed by atoms with Crippen LogP contribution in [0.2, 0.25) is 5.02 Å². The summed E-state index contributed by atoms with van der Waals surface area (Å²) >= 11 is 5.85. The quantitative estimate of drug-likeness (QED) is 0.876. The van der Waals surface area contributed by atoms with Crippen LogP contribution in [-0.2, 0) is 10.8 Å². The monoisotopic (exact) mass is 275 g/mol. The fourth-order valence-corrected chi connectivity index (χ4v) is 2.37. The summed E-state index contributed by atoms with van der Waals surface area (Å²) in [6, 6.07) is 3.94. The van der Waals surface area contributed by atoms with Crippen molar-refractivity contribution in [3.05, 3.63) is 28.8 Å². The van der Waals surface area contributed by atoms with E-state index in [2.05, 4.69) is 5.32 Å². The molecule has 0 aliphatic heterocycles. The van der Waals surface area contributed by atoms with E-state index in [1.165, 1.54) is 18.2 Å². The minimum absolute atomic E-state index is 0.0220. The summed E-state index contributed by atoms with van der Waals surface area (Å²) in [5.41, 5.74) is 0.209. The van der Waals surface area contributed by atoms with Gasteiger partial charge in [-0.25, -0.2) is 0 Å². The van der Waals surface area contributed by atoms with Gasteiger partial charge >= 0.3 is 0 Å². The van der Waals surface area contributed by atoms with Crippen LogP contribution in [0.3, 0.4) is 0 Å². The van der Waals surface area contributed by atoms with E-state index in [1.54, 1.807) is 13.2 Å². The van der Waals surface area contributed by atoms with Crippen LogP contribution in [0.25, 0.3) is 0 Å². The number of amides is 1. The Hall–Kier alpha value is -1.07. The normalized spacial score (nSPS) is 14.1. The van der Waals surface area contributed by atoms with Crippen molar-refractivity contribution in [1.29, 1.82) is 0 Å². The lowest BCUT2D eigenvalue weighted by Crippen LogP contribution is -2.36. The predicted molar refractivity (Wildman–Crippen MR) is 69.0 cm³/mol. The van der Waals surface area contributed by atoms with Gasteiger partial charge in [-0.1, -0.05) is 11.6 Å². The molecule has 1 rings (SSSR count). The Morgan fingerprint density at radius 2 is 2.24 bits per heavy atom. The van der Waals surface area contributed by atoms with Crippen molar-refractivity contribution in [2.24, 2.45) is 0 Å². The third kappa shape index (κ3) is 4.36. The Kier molecular flexibility index (Phi) is 4.96. The van der Waals surface area contributed by atoms with Gasteiger partial charge in [0.25, 0.3) is 5.91 Å². The number of aromatic hydroxyl groups is 1. The molecule has 1 aromatic carbocycles. The molecule has 0 radical (unpaired) electrons. The Balaban J connectivity index is 2.76. The van der Waals surface area contributed by atoms with Gasteiger partial charge in [0.2, 0.25) is 0 Å². The van der Waals surface area contributed by atoms with E-state index in [9.17, 15) is 14.1 Å². The Labute approximate surface area is 107 Å². The first-order valence-corrected chi connectivity index (χ1v) is 7.10. The molecule has 0 fully saturated rings. The maximum absolute atomic E-state index is 11.8. The van der Waals surface area contributed by atoms with Gasteiger partial charge in [-0.3, -0.25) is 9.00 Å². The van der Waals surface area contributed by atoms with Crippen LogP contribution in [0.4, 0.5) is 0 Å². The number of nitrogens with one attached hydrogen (secondary N) is 1. The highest BCUT2D eigenvalue weighted by Crippen LogP contribution is 2.21. The van der Waals surface area contributed by atoms with E-state index < -0.39 is 10.8 Å². The van der Waals surface area contributed by atoms with Crippen LogP contribution in [0.1, 0.15) is 17.3 Å². The van der Waals surface area contributed by atoms with E-state index in [0.29, 0.717) is 5.75 Å². The topological polar surface area (TPSA) is 66.4 Å². The summed E-state index contributed by atoms with van der Waals surface area (Å²) in [5.74, 6) is -0.0301. The molecule has 1 amide bonds. The Morgan fingerprint density at radius 1 is 1.59 bits per heavy atom. The van der Waals surface area contributed by atoms with Crippen LogP contribution in [-0.4, -0.2) is 33.3 Å². The van der Waals surface area contributed by atoms with Crippen molar-refractivity contribution in [3.63, 3.8) is 0 Å². The second-order valence-electron chi connectivity index (χ2n) is 3.78. The molecule has 2 unspecified atom stereocenters. The highest BCUT2D eigenvalue weighted by molar-refractivity contribution is 7.84. The fraction of sp³-hybridized carbons (Fsp3) is 0.364. The summed E-state index contributed by atoms with van der Waals surface area (Å²) in [7, 11) is -0.975. The number of benzene rings is 1. The Morgan fingerprint density at radius 3 is 2.82 bits per heavy atom. The highest BCUT2D eigenvalue weighted by Gasteiger charge is 2.14. The van der Waals surface area contributed by atoms with Crippen molar-refractivity contribution < 1.29 is 14.1 Å². The van der Waals surface area contributed by atoms with Gasteiger partial charge in [0, 0.05) is 28.9 Å². The van der Waals surface area contributed by atoms with E-state index in [1.807, 2.05) is 0 Å². The molecule has 17 heavy (non-hydrogen) atoms. The van der Waals surface area contributed by atoms with Crippen molar-refractivity contribution in [2.75, 3.05) is 12.0 Å². The molecule has 6 heteroatoms. The van der Waals surface area contributed by atoms with Crippen LogP contribution < -0.4 is 5.32 Å². The third-order valence-electron chi connectivity index (χ3n) is 2.06. The zero-order chi connectivity index (χ0) is 13.0. The number of carbonyl (C=O) groups excluding carboxylic acids is 1. The van der Waals surface area contributed by atoms with E-state index in [-0.39, 0.29) is 28.3 Å². The van der Waals surface area contributed by atoms with Gasteiger partial charge in [0.15, 0.2) is 0 Å². The second kappa shape index (κ2) is 6.02. The first-order chi connectivity index (χ1) is 7.90. The molecule has 94 valence electrons. The van der Waals surface area contributed by atoms with Crippen molar-refractivity contribution in [2.45, 2.75) is 13.0 Å². The number of rotatable bonds is 4. The molecular weight excluding hydrogens is 262 g/mol. The molecule has 0 saturated carbocycles. The zero-order valence-electron chi connectivity index (χ0n) is 9.57. The summed E-state index contributed by atoms with van der Waals surface area (Å²) < 4.78 is 11.0. The van der Waals surface area contributed by atoms with Gasteiger partial charge in [-0.05, 0) is 25.1 Å². The smallest absolute Gasteiger partial charge is 0.253 e. The van der Waals surface area contributed by atoms with E-state index in [0.717, 1.165) is 0 Å². The molecule has 0 spiro atoms. The summed E-state index contributed by atoms with van der Waals surface area (Å²) in [5, 5.41) is 12.2. The molecule has 0 aliphatic rings. The molecule has 2 atom stereocenters. The molecule has 0 saturated heterocycles. The molecule has 0 heterocycles. The number of hydrogen-bond acceptors (Lipinski definition) is 3. The average molecular weight is 276 g/mol. The molecule has 4 nitrogen and oxygen atoms in total. The molecule has 0 bridgehead atoms. The van der Waals surface area contributed by atoms with Gasteiger partial charge in [-0.15, -0.1) is 0 Å². The van der Waals surface area contributed by atoms with Crippen LogP contribution in [0, 0.1) is 0 Å². The number of phenolic OH excluding ortho intramolecular Hbond substituents is 1. The van der Waals surface area contributed by atoms with Gasteiger partial charge in [0.1, 0.15) is 5.75 Å². The Bertz CT molecular complexity index is 450. The third-order valence-corrected chi connectivity index (χ3v) is 3.36. The molecular formula is C11H14ClNO3S. The minimum atomic E-state index is -0.975. The summed E-state index contributed by atoms with van der Waals surface area (Å²) in [4.78, 5) is 11.8. The number of hydrogen-bond donors (Lipinski definition) is 2. The van der Waals surface area contributed by atoms with E-state index >= 15 is 0 Å². The molecule has 0 aromatic heterocycles. The fourth-order valence-electron chi connectivity index (χ4n) is 1.38. The molecule has 0 aliphatic carbocycles. The standard InChI is InChI=1S/C11H14ClNO3S/c1-7(6-17(2)16)13-11(15)9-5-8(14)3-4-10(9)12/h3-5,7,14H,6H2,1-2H3,(H,13,15). The second-order valence-corrected chi connectivity index (χ2v) is 5.67. The van der Waals surface area contributed by atoms with Crippen molar-refractivity contribution in [3.8, 4) is 5.75 Å². The summed E-state index contributed by atoms with van der Waals surface area (Å²) in [6.45, 7) is 1.76. The minimum Gasteiger partial charge on any atom is -0.508 e. The highest BCUT2D eigenvalue weighted by atomic mass is 35.5. The largest absolute Gasteiger partial charge is 0.508 e. The van der Waals surface area contributed by atoms with Crippen molar-refractivity contribution in [1.82, 2.24) is 5.32 Å². The first-order valence-electron chi connectivity index (χ1n) is 4.99. The van der Waals surface area contributed by atoms with Gasteiger partial charge in [0.05, 0.1) is 10.6 Å². The SMILES string of the molecule is CC(CS(C)=O)NC(=O)c1cc(O)ccc1Cl. The lowest BCUT2D eigenvalue weighted by Gasteiger charge is -2.13. The van der Waals surface area contributed by atoms with Crippen LogP contribution >= 0.6 is 11.6 Å². The number of carbonyl (C=O) groups is 1. The maximum atomic E-state index is 11.8. The first kappa shape index (κ1) is 14.0. The zero-order valence-corrected chi connectivity index (χ0v) is 11.1. The predicted octanol–water partition coefficient (Wildman–Crippen LogP) is 1.54. The van der Waals surface area contributed by atoms with Gasteiger partial charge < -0.3 is 10.4 Å². The van der Waals surface area contributed by atoms with Gasteiger partial charge in [-0.2, -0.15) is 0 Å². The average Bonchev–Trinajstić information content (AvgIpc) is 2.20. The maximum Gasteiger partial charge on any atom is 0.253 e. The van der Waals surface area contributed by atoms with Crippen LogP contribution in [0.15, 0.2) is 18.2 Å². The lowest BCUT2D eigenvalue weighted by atomic mass is 10.2.